The second-order valence-corrected chi connectivity index (χ2v) is 7.27. The van der Waals surface area contributed by atoms with E-state index in [-0.39, 0.29) is 0 Å². The molecule has 1 aliphatic heterocycles. The van der Waals surface area contributed by atoms with Crippen LogP contribution in [0.1, 0.15) is 34.1 Å². The summed E-state index contributed by atoms with van der Waals surface area (Å²) >= 11 is 0. The predicted octanol–water partition coefficient (Wildman–Crippen LogP) is 2.23. The zero-order valence-electron chi connectivity index (χ0n) is 12.6. The van der Waals surface area contributed by atoms with E-state index in [2.05, 4.69) is 6.92 Å². The summed E-state index contributed by atoms with van der Waals surface area (Å²) < 4.78 is 28.2. The van der Waals surface area contributed by atoms with Gasteiger partial charge in [0.2, 0.25) is 0 Å². The van der Waals surface area contributed by atoms with Gasteiger partial charge < -0.3 is 22.8 Å². The maximum atomic E-state index is 5.78. The molecule has 5 nitrogen and oxygen atoms in total. The van der Waals surface area contributed by atoms with Crippen LogP contribution in [0.15, 0.2) is 0 Å². The zero-order chi connectivity index (χ0) is 14.1. The number of rotatable bonds is 12. The molecule has 1 saturated heterocycles. The van der Waals surface area contributed by atoms with Crippen molar-refractivity contribution in [2.45, 2.75) is 52.4 Å². The Hall–Kier alpha value is 0.0169. The van der Waals surface area contributed by atoms with E-state index in [4.69, 9.17) is 22.8 Å². The van der Waals surface area contributed by atoms with Crippen molar-refractivity contribution in [3.63, 3.8) is 0 Å². The molecule has 2 atom stereocenters. The van der Waals surface area contributed by atoms with Crippen molar-refractivity contribution in [2.24, 2.45) is 0 Å². The molecule has 2 unspecified atom stereocenters. The molecule has 1 heterocycles. The van der Waals surface area contributed by atoms with Gasteiger partial charge in [-0.3, -0.25) is 0 Å². The first-order chi connectivity index (χ1) is 9.17. The Morgan fingerprint density at radius 2 is 1.53 bits per heavy atom. The predicted molar refractivity (Wildman–Crippen MR) is 75.2 cm³/mol. The summed E-state index contributed by atoms with van der Waals surface area (Å²) in [5, 5.41) is 0. The van der Waals surface area contributed by atoms with Crippen LogP contribution in [-0.2, 0) is 22.8 Å². The monoisotopic (exact) mass is 292 g/mol. The van der Waals surface area contributed by atoms with E-state index in [1.807, 2.05) is 20.8 Å². The van der Waals surface area contributed by atoms with Crippen molar-refractivity contribution in [3.8, 4) is 0 Å². The summed E-state index contributed by atoms with van der Waals surface area (Å²) in [6, 6.07) is 0.809. The van der Waals surface area contributed by atoms with Gasteiger partial charge in [-0.15, -0.1) is 0 Å². The minimum absolute atomic E-state index is 0.299. The van der Waals surface area contributed by atoms with Crippen LogP contribution in [-0.4, -0.2) is 54.0 Å². The van der Waals surface area contributed by atoms with Crippen LogP contribution < -0.4 is 0 Å². The fourth-order valence-corrected chi connectivity index (χ4v) is 4.58. The number of hydrogen-bond acceptors (Lipinski definition) is 5. The van der Waals surface area contributed by atoms with Gasteiger partial charge in [0.25, 0.3) is 0 Å². The smallest absolute Gasteiger partial charge is 0.379 e. The van der Waals surface area contributed by atoms with Gasteiger partial charge in [-0.1, -0.05) is 0 Å². The topological polar surface area (TPSA) is 49.5 Å². The molecule has 0 saturated carbocycles. The van der Waals surface area contributed by atoms with Gasteiger partial charge in [0.15, 0.2) is 0 Å². The van der Waals surface area contributed by atoms with Crippen molar-refractivity contribution in [3.05, 3.63) is 0 Å². The summed E-state index contributed by atoms with van der Waals surface area (Å²) in [7, 11) is -2.48. The molecule has 0 aromatic heterocycles. The fourth-order valence-electron chi connectivity index (χ4n) is 2.00. The van der Waals surface area contributed by atoms with Gasteiger partial charge in [-0.2, -0.15) is 0 Å². The lowest BCUT2D eigenvalue weighted by Crippen LogP contribution is -2.46. The maximum absolute atomic E-state index is 5.78. The van der Waals surface area contributed by atoms with Crippen molar-refractivity contribution in [1.29, 1.82) is 0 Å². The van der Waals surface area contributed by atoms with Gasteiger partial charge in [0, 0.05) is 32.5 Å². The average Bonchev–Trinajstić information content (AvgIpc) is 3.06. The third kappa shape index (κ3) is 6.33. The Morgan fingerprint density at radius 3 is 1.95 bits per heavy atom. The molecule has 0 aliphatic carbocycles. The van der Waals surface area contributed by atoms with E-state index in [0.29, 0.717) is 45.2 Å². The summed E-state index contributed by atoms with van der Waals surface area (Å²) in [4.78, 5) is 0. The SMILES string of the molecule is CCO[Si](CCCOCC1OC1C)(OCC)OCC. The van der Waals surface area contributed by atoms with Crippen LogP contribution in [0.4, 0.5) is 0 Å². The highest BCUT2D eigenvalue weighted by Gasteiger charge is 2.39. The summed E-state index contributed by atoms with van der Waals surface area (Å²) in [6.45, 7) is 11.3. The molecule has 1 rings (SSSR count). The summed E-state index contributed by atoms with van der Waals surface area (Å²) in [5.41, 5.74) is 0. The number of hydrogen-bond donors (Lipinski definition) is 0. The molecular weight excluding hydrogens is 264 g/mol. The minimum Gasteiger partial charge on any atom is -0.379 e. The summed E-state index contributed by atoms with van der Waals surface area (Å²) in [5.74, 6) is 0. The number of epoxide rings is 1. The van der Waals surface area contributed by atoms with E-state index in [1.54, 1.807) is 0 Å². The standard InChI is InChI=1S/C13H28O5Si/c1-5-15-19(16-6-2,17-7-3)10-8-9-14-11-13-12(4)18-13/h12-13H,5-11H2,1-4H3. The van der Waals surface area contributed by atoms with Gasteiger partial charge in [0.05, 0.1) is 12.7 Å². The fraction of sp³-hybridized carbons (Fsp3) is 1.00. The zero-order valence-corrected chi connectivity index (χ0v) is 13.6. The van der Waals surface area contributed by atoms with Crippen LogP contribution in [0.25, 0.3) is 0 Å². The lowest BCUT2D eigenvalue weighted by Gasteiger charge is -2.28. The molecule has 0 N–H and O–H groups in total. The Morgan fingerprint density at radius 1 is 1.00 bits per heavy atom. The normalized spacial score (nSPS) is 22.7. The molecule has 1 aliphatic rings. The Labute approximate surface area is 117 Å². The molecule has 0 amide bonds. The first-order valence-electron chi connectivity index (χ1n) is 7.32. The molecule has 0 bridgehead atoms. The lowest BCUT2D eigenvalue weighted by atomic mass is 10.4. The van der Waals surface area contributed by atoms with E-state index in [0.717, 1.165) is 12.5 Å². The van der Waals surface area contributed by atoms with Crippen molar-refractivity contribution >= 4 is 8.80 Å². The molecule has 0 radical (unpaired) electrons. The quantitative estimate of drug-likeness (QED) is 0.314. The highest BCUT2D eigenvalue weighted by atomic mass is 28.4. The van der Waals surface area contributed by atoms with Crippen molar-refractivity contribution in [2.75, 3.05) is 33.0 Å². The van der Waals surface area contributed by atoms with E-state index < -0.39 is 8.80 Å². The Balaban J connectivity index is 2.21. The van der Waals surface area contributed by atoms with Gasteiger partial charge in [-0.05, 0) is 34.1 Å². The molecule has 6 heteroatoms. The summed E-state index contributed by atoms with van der Waals surface area (Å²) in [6.07, 6.45) is 1.56. The van der Waals surface area contributed by atoms with Crippen LogP contribution in [0.2, 0.25) is 6.04 Å². The molecular formula is C13H28O5Si. The third-order valence-corrected chi connectivity index (χ3v) is 6.13. The first-order valence-corrected chi connectivity index (χ1v) is 9.25. The van der Waals surface area contributed by atoms with Crippen molar-refractivity contribution < 1.29 is 22.8 Å². The third-order valence-electron chi connectivity index (χ3n) is 2.98. The van der Waals surface area contributed by atoms with E-state index in [9.17, 15) is 0 Å². The molecule has 0 spiro atoms. The highest BCUT2D eigenvalue weighted by Crippen LogP contribution is 2.21. The molecule has 0 aromatic carbocycles. The van der Waals surface area contributed by atoms with E-state index in [1.165, 1.54) is 0 Å². The molecule has 0 aromatic rings. The van der Waals surface area contributed by atoms with Gasteiger partial charge >= 0.3 is 8.80 Å². The van der Waals surface area contributed by atoms with Crippen LogP contribution >= 0.6 is 0 Å². The molecule has 19 heavy (non-hydrogen) atoms. The Bertz CT molecular complexity index is 222. The second-order valence-electron chi connectivity index (χ2n) is 4.54. The van der Waals surface area contributed by atoms with Crippen LogP contribution in [0, 0.1) is 0 Å². The van der Waals surface area contributed by atoms with E-state index >= 15 is 0 Å². The highest BCUT2D eigenvalue weighted by molar-refractivity contribution is 6.60. The van der Waals surface area contributed by atoms with Crippen LogP contribution in [0.3, 0.4) is 0 Å². The van der Waals surface area contributed by atoms with Crippen LogP contribution in [0.5, 0.6) is 0 Å². The lowest BCUT2D eigenvalue weighted by molar-refractivity contribution is 0.0648. The first kappa shape index (κ1) is 17.1. The molecule has 1 fully saturated rings. The minimum atomic E-state index is -2.48. The average molecular weight is 292 g/mol. The second kappa shape index (κ2) is 9.04. The van der Waals surface area contributed by atoms with Gasteiger partial charge in [0.1, 0.15) is 6.10 Å². The van der Waals surface area contributed by atoms with Crippen molar-refractivity contribution in [1.82, 2.24) is 0 Å². The van der Waals surface area contributed by atoms with Gasteiger partial charge in [-0.25, -0.2) is 0 Å². The molecule has 114 valence electrons. The Kier molecular flexibility index (Phi) is 8.13. The maximum Gasteiger partial charge on any atom is 0.501 e. The largest absolute Gasteiger partial charge is 0.501 e. The number of ether oxygens (including phenoxy) is 2.